The van der Waals surface area contributed by atoms with Gasteiger partial charge in [-0.25, -0.2) is 4.79 Å². The van der Waals surface area contributed by atoms with Crippen molar-refractivity contribution in [3.8, 4) is 22.6 Å². The second-order valence-electron chi connectivity index (χ2n) is 9.23. The van der Waals surface area contributed by atoms with Crippen molar-refractivity contribution in [3.63, 3.8) is 0 Å². The van der Waals surface area contributed by atoms with Gasteiger partial charge in [-0.15, -0.1) is 23.1 Å². The fourth-order valence-corrected chi connectivity index (χ4v) is 6.27. The topological polar surface area (TPSA) is 103 Å². The summed E-state index contributed by atoms with van der Waals surface area (Å²) in [5.74, 6) is -0.346. The molecular formula is C32H32N2O6S2. The number of methoxy groups -OCH3 is 3. The third-order valence-electron chi connectivity index (χ3n) is 6.47. The quantitative estimate of drug-likeness (QED) is 0.137. The number of thioether (sulfide) groups is 1. The summed E-state index contributed by atoms with van der Waals surface area (Å²) in [7, 11) is 4.31. The molecule has 2 N–H and O–H groups in total. The summed E-state index contributed by atoms with van der Waals surface area (Å²) in [5, 5.41) is 7.68. The van der Waals surface area contributed by atoms with Gasteiger partial charge in [0.15, 0.2) is 0 Å². The molecule has 1 heterocycles. The van der Waals surface area contributed by atoms with E-state index in [1.54, 1.807) is 30.3 Å². The van der Waals surface area contributed by atoms with E-state index in [9.17, 15) is 14.4 Å². The van der Waals surface area contributed by atoms with Gasteiger partial charge in [-0.3, -0.25) is 9.59 Å². The van der Waals surface area contributed by atoms with Gasteiger partial charge in [-0.05, 0) is 49.2 Å². The van der Waals surface area contributed by atoms with Crippen molar-refractivity contribution in [1.82, 2.24) is 0 Å². The van der Waals surface area contributed by atoms with Crippen LogP contribution < -0.4 is 20.1 Å². The molecule has 0 radical (unpaired) electrons. The van der Waals surface area contributed by atoms with Gasteiger partial charge in [0.25, 0.3) is 5.91 Å². The number of rotatable bonds is 11. The van der Waals surface area contributed by atoms with Crippen LogP contribution in [0.4, 0.5) is 10.7 Å². The Bertz CT molecular complexity index is 1560. The fourth-order valence-electron chi connectivity index (χ4n) is 4.29. The number of carbonyl (C=O) groups is 3. The molecule has 4 rings (SSSR count). The highest BCUT2D eigenvalue weighted by molar-refractivity contribution is 8.00. The van der Waals surface area contributed by atoms with Crippen LogP contribution in [0.5, 0.6) is 11.5 Å². The third kappa shape index (κ3) is 6.95. The van der Waals surface area contributed by atoms with Gasteiger partial charge in [-0.2, -0.15) is 0 Å². The van der Waals surface area contributed by atoms with E-state index in [1.165, 1.54) is 44.4 Å². The first-order valence-corrected chi connectivity index (χ1v) is 14.9. The van der Waals surface area contributed by atoms with E-state index in [0.717, 1.165) is 16.0 Å². The minimum absolute atomic E-state index is 0.238. The maximum atomic E-state index is 13.4. The smallest absolute Gasteiger partial charge is 0.341 e. The second kappa shape index (κ2) is 14.1. The number of nitrogens with one attached hydrogen (secondary N) is 2. The van der Waals surface area contributed by atoms with E-state index in [1.807, 2.05) is 55.6 Å². The standard InChI is InChI=1S/C32H32N2O6S2/c1-6-26(29(35)34-31-27(32(37)40-5)23(18-41-31)20-15-13-19(2)14-16-20)42-22-10-7-9-21(17-22)33-30(36)28-24(38-3)11-8-12-25(28)39-4/h7-18,26H,6H2,1-5H3,(H,33,36)(H,34,35). The summed E-state index contributed by atoms with van der Waals surface area (Å²) in [5.41, 5.74) is 3.85. The van der Waals surface area contributed by atoms with Crippen LogP contribution in [0.25, 0.3) is 11.1 Å². The van der Waals surface area contributed by atoms with Crippen LogP contribution >= 0.6 is 23.1 Å². The highest BCUT2D eigenvalue weighted by Gasteiger charge is 2.26. The Morgan fingerprint density at radius 2 is 1.55 bits per heavy atom. The van der Waals surface area contributed by atoms with Crippen LogP contribution in [0.2, 0.25) is 0 Å². The zero-order valence-electron chi connectivity index (χ0n) is 24.0. The first-order valence-electron chi connectivity index (χ1n) is 13.2. The SMILES string of the molecule is CCC(Sc1cccc(NC(=O)c2c(OC)cccc2OC)c1)C(=O)Nc1scc(-c2ccc(C)cc2)c1C(=O)OC. The Kier molecular flexibility index (Phi) is 10.3. The van der Waals surface area contributed by atoms with Crippen molar-refractivity contribution in [2.45, 2.75) is 30.4 Å². The Labute approximate surface area is 253 Å². The lowest BCUT2D eigenvalue weighted by Crippen LogP contribution is -2.25. The van der Waals surface area contributed by atoms with E-state index in [4.69, 9.17) is 14.2 Å². The number of thiophene rings is 1. The van der Waals surface area contributed by atoms with E-state index in [0.29, 0.717) is 39.7 Å². The fraction of sp³-hybridized carbons (Fsp3) is 0.219. The van der Waals surface area contributed by atoms with Gasteiger partial charge < -0.3 is 24.8 Å². The zero-order chi connectivity index (χ0) is 30.2. The predicted octanol–water partition coefficient (Wildman–Crippen LogP) is 7.29. The van der Waals surface area contributed by atoms with Crippen molar-refractivity contribution in [2.75, 3.05) is 32.0 Å². The number of amides is 2. The molecule has 8 nitrogen and oxygen atoms in total. The normalized spacial score (nSPS) is 11.4. The molecule has 42 heavy (non-hydrogen) atoms. The molecule has 0 saturated heterocycles. The van der Waals surface area contributed by atoms with E-state index < -0.39 is 11.2 Å². The summed E-state index contributed by atoms with van der Waals surface area (Å²) in [6, 6.07) is 20.2. The molecule has 0 aliphatic carbocycles. The van der Waals surface area contributed by atoms with Crippen LogP contribution in [-0.2, 0) is 9.53 Å². The molecule has 0 aliphatic heterocycles. The number of ether oxygens (including phenoxy) is 3. The van der Waals surface area contributed by atoms with E-state index in [2.05, 4.69) is 10.6 Å². The van der Waals surface area contributed by atoms with Crippen LogP contribution in [0.1, 0.15) is 39.6 Å². The molecule has 0 fully saturated rings. The Hall–Kier alpha value is -4.28. The van der Waals surface area contributed by atoms with Crippen LogP contribution in [-0.4, -0.2) is 44.4 Å². The molecule has 0 spiro atoms. The molecule has 218 valence electrons. The molecule has 3 aromatic carbocycles. The summed E-state index contributed by atoms with van der Waals surface area (Å²) in [6.07, 6.45) is 0.537. The molecule has 2 amide bonds. The Balaban J connectivity index is 1.51. The molecular weight excluding hydrogens is 572 g/mol. The van der Waals surface area contributed by atoms with Crippen molar-refractivity contribution in [3.05, 3.63) is 88.8 Å². The molecule has 10 heteroatoms. The van der Waals surface area contributed by atoms with Gasteiger partial charge in [0.2, 0.25) is 5.91 Å². The lowest BCUT2D eigenvalue weighted by atomic mass is 10.0. The lowest BCUT2D eigenvalue weighted by molar-refractivity contribution is -0.115. The van der Waals surface area contributed by atoms with Crippen molar-refractivity contribution in [1.29, 1.82) is 0 Å². The van der Waals surface area contributed by atoms with Crippen molar-refractivity contribution >= 4 is 51.6 Å². The molecule has 1 atom stereocenters. The highest BCUT2D eigenvalue weighted by Crippen LogP contribution is 2.37. The Morgan fingerprint density at radius 1 is 0.881 bits per heavy atom. The molecule has 0 aliphatic rings. The number of benzene rings is 3. The number of carbonyl (C=O) groups excluding carboxylic acids is 3. The minimum atomic E-state index is -0.516. The lowest BCUT2D eigenvalue weighted by Gasteiger charge is -2.16. The average molecular weight is 605 g/mol. The second-order valence-corrected chi connectivity index (χ2v) is 11.4. The molecule has 4 aromatic rings. The van der Waals surface area contributed by atoms with Crippen LogP contribution in [0, 0.1) is 6.92 Å². The van der Waals surface area contributed by atoms with Gasteiger partial charge in [-0.1, -0.05) is 48.9 Å². The van der Waals surface area contributed by atoms with Gasteiger partial charge >= 0.3 is 5.97 Å². The van der Waals surface area contributed by atoms with Crippen LogP contribution in [0.3, 0.4) is 0 Å². The van der Waals surface area contributed by atoms with Gasteiger partial charge in [0.05, 0.1) is 26.6 Å². The number of anilines is 2. The average Bonchev–Trinajstić information content (AvgIpc) is 3.42. The maximum absolute atomic E-state index is 13.4. The van der Waals surface area contributed by atoms with Crippen LogP contribution in [0.15, 0.2) is 77.0 Å². The number of hydrogen-bond acceptors (Lipinski definition) is 8. The minimum Gasteiger partial charge on any atom is -0.496 e. The predicted molar refractivity (Wildman–Crippen MR) is 168 cm³/mol. The summed E-state index contributed by atoms with van der Waals surface area (Å²) < 4.78 is 15.8. The molecule has 1 unspecified atom stereocenters. The number of esters is 1. The largest absolute Gasteiger partial charge is 0.496 e. The highest BCUT2D eigenvalue weighted by atomic mass is 32.2. The molecule has 1 aromatic heterocycles. The zero-order valence-corrected chi connectivity index (χ0v) is 25.6. The first kappa shape index (κ1) is 30.7. The van der Waals surface area contributed by atoms with E-state index >= 15 is 0 Å². The summed E-state index contributed by atoms with van der Waals surface area (Å²) in [6.45, 7) is 3.91. The van der Waals surface area contributed by atoms with Gasteiger partial charge in [0.1, 0.15) is 27.6 Å². The molecule has 0 bridgehead atoms. The third-order valence-corrected chi connectivity index (χ3v) is 8.72. The monoisotopic (exact) mass is 604 g/mol. The first-order chi connectivity index (χ1) is 20.3. The van der Waals surface area contributed by atoms with E-state index in [-0.39, 0.29) is 17.4 Å². The molecule has 0 saturated carbocycles. The van der Waals surface area contributed by atoms with Gasteiger partial charge in [0, 0.05) is 21.5 Å². The van der Waals surface area contributed by atoms with Crippen molar-refractivity contribution < 1.29 is 28.6 Å². The Morgan fingerprint density at radius 3 is 2.17 bits per heavy atom. The maximum Gasteiger partial charge on any atom is 0.341 e. The summed E-state index contributed by atoms with van der Waals surface area (Å²) in [4.78, 5) is 40.1. The number of aryl methyl sites for hydroxylation is 1. The summed E-state index contributed by atoms with van der Waals surface area (Å²) >= 11 is 2.65. The van der Waals surface area contributed by atoms with Crippen molar-refractivity contribution in [2.24, 2.45) is 0 Å². The number of hydrogen-bond donors (Lipinski definition) is 2.